The minimum absolute atomic E-state index is 0.0247. The molecule has 0 aliphatic carbocycles. The highest BCUT2D eigenvalue weighted by Crippen LogP contribution is 2.22. The third-order valence-electron chi connectivity index (χ3n) is 5.39. The van der Waals surface area contributed by atoms with Gasteiger partial charge in [-0.05, 0) is 36.6 Å². The summed E-state index contributed by atoms with van der Waals surface area (Å²) in [6.07, 6.45) is 0. The average molecular weight is 414 g/mol. The first-order valence-electron chi connectivity index (χ1n) is 10.0. The summed E-state index contributed by atoms with van der Waals surface area (Å²) in [5.74, 6) is -0.380. The molecule has 2 aromatic carbocycles. The lowest BCUT2D eigenvalue weighted by atomic mass is 10.0. The number of rotatable bonds is 5. The third kappa shape index (κ3) is 4.91. The first-order valence-corrected chi connectivity index (χ1v) is 10.4. The first-order chi connectivity index (χ1) is 13.9. The fraction of sp³-hybridized carbons (Fsp3) is 0.391. The second-order valence-electron chi connectivity index (χ2n) is 7.77. The van der Waals surface area contributed by atoms with Crippen molar-refractivity contribution in [1.29, 1.82) is 0 Å². The van der Waals surface area contributed by atoms with Crippen molar-refractivity contribution in [3.63, 3.8) is 0 Å². The summed E-state index contributed by atoms with van der Waals surface area (Å²) >= 11 is 6.14. The van der Waals surface area contributed by atoms with Crippen molar-refractivity contribution < 1.29 is 9.59 Å². The number of amides is 2. The number of hydrogen-bond donors (Lipinski definition) is 1. The molecule has 0 bridgehead atoms. The summed E-state index contributed by atoms with van der Waals surface area (Å²) in [6, 6.07) is 14.6. The Bertz CT molecular complexity index is 876. The number of halogens is 1. The van der Waals surface area contributed by atoms with Gasteiger partial charge in [0.25, 0.3) is 5.91 Å². The van der Waals surface area contributed by atoms with Crippen LogP contribution < -0.4 is 10.2 Å². The van der Waals surface area contributed by atoms with E-state index < -0.39 is 6.04 Å². The molecule has 3 rings (SSSR count). The largest absolute Gasteiger partial charge is 0.368 e. The Morgan fingerprint density at radius 2 is 1.59 bits per heavy atom. The van der Waals surface area contributed by atoms with Gasteiger partial charge in [-0.2, -0.15) is 0 Å². The predicted molar refractivity (Wildman–Crippen MR) is 118 cm³/mol. The standard InChI is InChI=1S/C23H28ClN3O2/c1-16(2)21(25-22(28)18-9-5-6-10-19(18)24)23(29)27-14-12-26(13-15-27)20-11-7-4-8-17(20)3/h4-11,16,21H,12-15H2,1-3H3,(H,25,28). The van der Waals surface area contributed by atoms with Crippen LogP contribution in [0.4, 0.5) is 5.69 Å². The molecule has 1 atom stereocenters. The fourth-order valence-electron chi connectivity index (χ4n) is 3.66. The van der Waals surface area contributed by atoms with Crippen LogP contribution in [0.15, 0.2) is 48.5 Å². The van der Waals surface area contributed by atoms with E-state index in [2.05, 4.69) is 29.3 Å². The quantitative estimate of drug-likeness (QED) is 0.812. The van der Waals surface area contributed by atoms with Crippen LogP contribution in [-0.2, 0) is 4.79 Å². The molecule has 1 aliphatic heterocycles. The van der Waals surface area contributed by atoms with Gasteiger partial charge in [0.1, 0.15) is 6.04 Å². The summed E-state index contributed by atoms with van der Waals surface area (Å²) in [5, 5.41) is 3.28. The minimum Gasteiger partial charge on any atom is -0.368 e. The van der Waals surface area contributed by atoms with Gasteiger partial charge in [-0.25, -0.2) is 0 Å². The number of carbonyl (C=O) groups is 2. The van der Waals surface area contributed by atoms with Gasteiger partial charge in [0, 0.05) is 31.9 Å². The normalized spacial score (nSPS) is 15.3. The Kier molecular flexibility index (Phi) is 6.80. The molecule has 1 saturated heterocycles. The van der Waals surface area contributed by atoms with Crippen LogP contribution in [0.3, 0.4) is 0 Å². The summed E-state index contributed by atoms with van der Waals surface area (Å²) in [4.78, 5) is 30.0. The Balaban J connectivity index is 1.65. The van der Waals surface area contributed by atoms with Gasteiger partial charge in [0.05, 0.1) is 10.6 Å². The molecule has 1 fully saturated rings. The molecule has 0 aromatic heterocycles. The van der Waals surface area contributed by atoms with E-state index in [9.17, 15) is 9.59 Å². The molecule has 5 nitrogen and oxygen atoms in total. The van der Waals surface area contributed by atoms with E-state index >= 15 is 0 Å². The Morgan fingerprint density at radius 3 is 2.21 bits per heavy atom. The van der Waals surface area contributed by atoms with Crippen molar-refractivity contribution in [1.82, 2.24) is 10.2 Å². The number of aryl methyl sites for hydroxylation is 1. The molecule has 1 N–H and O–H groups in total. The molecular formula is C23H28ClN3O2. The number of anilines is 1. The van der Waals surface area contributed by atoms with Gasteiger partial charge in [0.2, 0.25) is 5.91 Å². The van der Waals surface area contributed by atoms with E-state index in [0.29, 0.717) is 23.7 Å². The third-order valence-corrected chi connectivity index (χ3v) is 5.71. The lowest BCUT2D eigenvalue weighted by Gasteiger charge is -2.38. The van der Waals surface area contributed by atoms with E-state index in [1.807, 2.05) is 30.9 Å². The van der Waals surface area contributed by atoms with Crippen LogP contribution in [0.5, 0.6) is 0 Å². The number of nitrogens with one attached hydrogen (secondary N) is 1. The van der Waals surface area contributed by atoms with Crippen LogP contribution in [-0.4, -0.2) is 48.9 Å². The lowest BCUT2D eigenvalue weighted by molar-refractivity contribution is -0.134. The van der Waals surface area contributed by atoms with E-state index in [4.69, 9.17) is 11.6 Å². The molecule has 2 aromatic rings. The molecule has 0 saturated carbocycles. The maximum Gasteiger partial charge on any atom is 0.253 e. The molecule has 0 spiro atoms. The Morgan fingerprint density at radius 1 is 0.966 bits per heavy atom. The molecule has 1 heterocycles. The molecule has 1 aliphatic rings. The van der Waals surface area contributed by atoms with Crippen molar-refractivity contribution in [3.05, 3.63) is 64.7 Å². The maximum atomic E-state index is 13.2. The Labute approximate surface area is 177 Å². The van der Waals surface area contributed by atoms with E-state index in [1.165, 1.54) is 11.3 Å². The minimum atomic E-state index is -0.580. The van der Waals surface area contributed by atoms with Crippen LogP contribution in [0.1, 0.15) is 29.8 Å². The highest BCUT2D eigenvalue weighted by molar-refractivity contribution is 6.33. The van der Waals surface area contributed by atoms with Gasteiger partial charge in [-0.15, -0.1) is 0 Å². The van der Waals surface area contributed by atoms with E-state index in [1.54, 1.807) is 24.3 Å². The van der Waals surface area contributed by atoms with Crippen molar-refractivity contribution in [2.24, 2.45) is 5.92 Å². The zero-order chi connectivity index (χ0) is 21.0. The zero-order valence-electron chi connectivity index (χ0n) is 17.2. The Hall–Kier alpha value is -2.53. The SMILES string of the molecule is Cc1ccccc1N1CCN(C(=O)C(NC(=O)c2ccccc2Cl)C(C)C)CC1. The van der Waals surface area contributed by atoms with Gasteiger partial charge in [0.15, 0.2) is 0 Å². The van der Waals surface area contributed by atoms with Crippen molar-refractivity contribution in [3.8, 4) is 0 Å². The first kappa shape index (κ1) is 21.2. The second kappa shape index (κ2) is 9.31. The second-order valence-corrected chi connectivity index (χ2v) is 8.18. The molecule has 1 unspecified atom stereocenters. The van der Waals surface area contributed by atoms with Gasteiger partial charge in [-0.1, -0.05) is 55.8 Å². The summed E-state index contributed by atoms with van der Waals surface area (Å²) in [6.45, 7) is 8.82. The molecule has 6 heteroatoms. The van der Waals surface area contributed by atoms with Gasteiger partial charge < -0.3 is 15.1 Å². The van der Waals surface area contributed by atoms with Crippen molar-refractivity contribution in [2.45, 2.75) is 26.8 Å². The monoisotopic (exact) mass is 413 g/mol. The average Bonchev–Trinajstić information content (AvgIpc) is 2.72. The van der Waals surface area contributed by atoms with Crippen LogP contribution in [0.25, 0.3) is 0 Å². The van der Waals surface area contributed by atoms with Gasteiger partial charge >= 0.3 is 0 Å². The van der Waals surface area contributed by atoms with Crippen molar-refractivity contribution >= 4 is 29.1 Å². The summed E-state index contributed by atoms with van der Waals surface area (Å²) in [5.41, 5.74) is 2.84. The topological polar surface area (TPSA) is 52.6 Å². The maximum absolute atomic E-state index is 13.2. The number of piperazine rings is 1. The number of para-hydroxylation sites is 1. The molecule has 0 radical (unpaired) electrons. The van der Waals surface area contributed by atoms with E-state index in [0.717, 1.165) is 13.1 Å². The molecule has 2 amide bonds. The van der Waals surface area contributed by atoms with Gasteiger partial charge in [-0.3, -0.25) is 9.59 Å². The number of nitrogens with zero attached hydrogens (tertiary/aromatic N) is 2. The van der Waals surface area contributed by atoms with Crippen LogP contribution in [0, 0.1) is 12.8 Å². The number of carbonyl (C=O) groups excluding carboxylic acids is 2. The molecule has 154 valence electrons. The predicted octanol–water partition coefficient (Wildman–Crippen LogP) is 3.75. The highest BCUT2D eigenvalue weighted by atomic mass is 35.5. The van der Waals surface area contributed by atoms with Crippen molar-refractivity contribution in [2.75, 3.05) is 31.1 Å². The smallest absolute Gasteiger partial charge is 0.253 e. The van der Waals surface area contributed by atoms with E-state index in [-0.39, 0.29) is 17.7 Å². The fourth-order valence-corrected chi connectivity index (χ4v) is 3.88. The summed E-state index contributed by atoms with van der Waals surface area (Å²) in [7, 11) is 0. The van der Waals surface area contributed by atoms with Crippen LogP contribution >= 0.6 is 11.6 Å². The summed E-state index contributed by atoms with van der Waals surface area (Å²) < 4.78 is 0. The lowest BCUT2D eigenvalue weighted by Crippen LogP contribution is -2.56. The number of hydrogen-bond acceptors (Lipinski definition) is 3. The number of benzene rings is 2. The zero-order valence-corrected chi connectivity index (χ0v) is 17.9. The van der Waals surface area contributed by atoms with Crippen LogP contribution in [0.2, 0.25) is 5.02 Å². The molecular weight excluding hydrogens is 386 g/mol. The molecule has 29 heavy (non-hydrogen) atoms. The highest BCUT2D eigenvalue weighted by Gasteiger charge is 2.31.